The average Bonchev–Trinajstić information content (AvgIpc) is 3.49. The van der Waals surface area contributed by atoms with E-state index in [0.717, 1.165) is 44.9 Å². The van der Waals surface area contributed by atoms with Crippen molar-refractivity contribution >= 4 is 11.9 Å². The molecule has 0 aliphatic heterocycles. The van der Waals surface area contributed by atoms with Gasteiger partial charge in [-0.2, -0.15) is 0 Å². The van der Waals surface area contributed by atoms with Crippen molar-refractivity contribution in [3.8, 4) is 0 Å². The van der Waals surface area contributed by atoms with Crippen LogP contribution in [0.4, 0.5) is 0 Å². The van der Waals surface area contributed by atoms with E-state index in [1.807, 2.05) is 6.08 Å². The van der Waals surface area contributed by atoms with E-state index < -0.39 is 12.1 Å². The molecule has 0 aromatic rings. The van der Waals surface area contributed by atoms with Crippen LogP contribution in [0.3, 0.4) is 0 Å². The van der Waals surface area contributed by atoms with E-state index in [4.69, 9.17) is 4.74 Å². The summed E-state index contributed by atoms with van der Waals surface area (Å²) in [6, 6.07) is -0.630. The van der Waals surface area contributed by atoms with E-state index >= 15 is 0 Å². The van der Waals surface area contributed by atoms with Crippen molar-refractivity contribution in [2.75, 3.05) is 13.2 Å². The number of carbonyl (C=O) groups excluding carboxylic acids is 2. The Balaban J connectivity index is 3.41. The summed E-state index contributed by atoms with van der Waals surface area (Å²) >= 11 is 0. The summed E-state index contributed by atoms with van der Waals surface area (Å²) in [6.07, 6.45) is 93.9. The first-order valence-corrected chi connectivity index (χ1v) is 37.8. The standard InChI is InChI=1S/C77H147NO5/c1-3-5-7-9-11-13-15-17-19-20-21-22-23-27-30-33-36-39-42-45-49-53-57-61-65-69-75(80)74(73-79)78-76(81)70-66-62-58-54-50-46-43-40-37-34-31-28-25-24-26-29-32-35-38-41-44-48-52-56-60-64-68-72-83-77(82)71-67-63-59-55-51-47-18-16-14-12-10-8-6-4-2/h16,18,24-25,65,69,74-75,79-80H,3-15,17,19-23,26-64,66-68,70-73H2,1-2H3,(H,78,81)/b18-16-,25-24-,69-65+. The number of aliphatic hydroxyl groups excluding tert-OH is 2. The fraction of sp³-hybridized carbons (Fsp3) is 0.896. The minimum absolute atomic E-state index is 0.00682. The van der Waals surface area contributed by atoms with Crippen LogP contribution in [0, 0.1) is 0 Å². The van der Waals surface area contributed by atoms with Gasteiger partial charge >= 0.3 is 5.97 Å². The lowest BCUT2D eigenvalue weighted by molar-refractivity contribution is -0.143. The predicted molar refractivity (Wildman–Crippen MR) is 366 cm³/mol. The first-order valence-electron chi connectivity index (χ1n) is 37.8. The van der Waals surface area contributed by atoms with Gasteiger partial charge in [-0.3, -0.25) is 9.59 Å². The number of carbonyl (C=O) groups is 2. The smallest absolute Gasteiger partial charge is 0.305 e. The number of esters is 1. The monoisotopic (exact) mass is 1170 g/mol. The third-order valence-corrected chi connectivity index (χ3v) is 17.6. The molecule has 6 nitrogen and oxygen atoms in total. The molecule has 0 spiro atoms. The van der Waals surface area contributed by atoms with Crippen molar-refractivity contribution in [2.24, 2.45) is 0 Å². The first kappa shape index (κ1) is 81.1. The van der Waals surface area contributed by atoms with Crippen molar-refractivity contribution in [1.82, 2.24) is 5.32 Å². The van der Waals surface area contributed by atoms with E-state index in [0.29, 0.717) is 19.4 Å². The summed E-state index contributed by atoms with van der Waals surface area (Å²) in [6.45, 7) is 4.93. The molecule has 0 rings (SSSR count). The van der Waals surface area contributed by atoms with Crippen molar-refractivity contribution < 1.29 is 24.5 Å². The maximum absolute atomic E-state index is 12.5. The van der Waals surface area contributed by atoms with Gasteiger partial charge in [-0.05, 0) is 83.5 Å². The lowest BCUT2D eigenvalue weighted by Crippen LogP contribution is -2.45. The van der Waals surface area contributed by atoms with Crippen LogP contribution in [0.15, 0.2) is 36.5 Å². The number of allylic oxidation sites excluding steroid dienone is 5. The molecule has 0 fully saturated rings. The summed E-state index contributed by atoms with van der Waals surface area (Å²) in [7, 11) is 0. The highest BCUT2D eigenvalue weighted by Crippen LogP contribution is 2.19. The molecule has 0 bridgehead atoms. The Kier molecular flexibility index (Phi) is 70.9. The Morgan fingerprint density at radius 2 is 0.566 bits per heavy atom. The van der Waals surface area contributed by atoms with Crippen LogP contribution in [0.25, 0.3) is 0 Å². The van der Waals surface area contributed by atoms with Gasteiger partial charge in [0.2, 0.25) is 5.91 Å². The van der Waals surface area contributed by atoms with Gasteiger partial charge in [-0.15, -0.1) is 0 Å². The molecule has 0 aromatic carbocycles. The third kappa shape index (κ3) is 69.1. The number of amides is 1. The number of unbranched alkanes of at least 4 members (excludes halogenated alkanes) is 56. The quantitative estimate of drug-likeness (QED) is 0.0320. The molecule has 0 saturated heterocycles. The molecule has 0 saturated carbocycles. The average molecular weight is 1170 g/mol. The fourth-order valence-electron chi connectivity index (χ4n) is 11.9. The number of ether oxygens (including phenoxy) is 1. The van der Waals surface area contributed by atoms with Gasteiger partial charge in [-0.1, -0.05) is 359 Å². The third-order valence-electron chi connectivity index (χ3n) is 17.6. The fourth-order valence-corrected chi connectivity index (χ4v) is 11.9. The Morgan fingerprint density at radius 1 is 0.325 bits per heavy atom. The first-order chi connectivity index (χ1) is 41.0. The molecule has 83 heavy (non-hydrogen) atoms. The molecule has 2 atom stereocenters. The van der Waals surface area contributed by atoms with Crippen LogP contribution < -0.4 is 5.32 Å². The molecule has 490 valence electrons. The molecule has 6 heteroatoms. The SMILES string of the molecule is CCCCCCC/C=C\CCCCCCCC(=O)OCCCCCCCCCCCCCC/C=C\CCCCCCCCCCCCCC(=O)NC(CO)C(O)/C=C/CCCCCCCCCCCCCCCCCCCCCCCCC. The molecule has 0 radical (unpaired) electrons. The molecular formula is C77H147NO5. The van der Waals surface area contributed by atoms with Gasteiger partial charge in [0.1, 0.15) is 0 Å². The van der Waals surface area contributed by atoms with Crippen LogP contribution >= 0.6 is 0 Å². The zero-order valence-electron chi connectivity index (χ0n) is 56.2. The van der Waals surface area contributed by atoms with E-state index in [1.54, 1.807) is 6.08 Å². The van der Waals surface area contributed by atoms with Gasteiger partial charge in [-0.25, -0.2) is 0 Å². The number of rotatable bonds is 71. The topological polar surface area (TPSA) is 95.9 Å². The van der Waals surface area contributed by atoms with Crippen LogP contribution in [-0.2, 0) is 14.3 Å². The maximum Gasteiger partial charge on any atom is 0.305 e. The van der Waals surface area contributed by atoms with Crippen LogP contribution in [0.5, 0.6) is 0 Å². The van der Waals surface area contributed by atoms with Crippen LogP contribution in [0.2, 0.25) is 0 Å². The number of nitrogens with one attached hydrogen (secondary N) is 1. The lowest BCUT2D eigenvalue weighted by Gasteiger charge is -2.20. The Labute approximate surface area is 519 Å². The lowest BCUT2D eigenvalue weighted by atomic mass is 10.0. The summed E-state index contributed by atoms with van der Waals surface area (Å²) in [5.74, 6) is -0.0575. The normalized spacial score (nSPS) is 12.7. The van der Waals surface area contributed by atoms with Gasteiger partial charge < -0.3 is 20.3 Å². The second-order valence-electron chi connectivity index (χ2n) is 26.0. The van der Waals surface area contributed by atoms with Crippen LogP contribution in [-0.4, -0.2) is 47.4 Å². The molecule has 0 aromatic heterocycles. The summed E-state index contributed by atoms with van der Waals surface area (Å²) in [4.78, 5) is 24.6. The Hall–Kier alpha value is -1.92. The number of hydrogen-bond donors (Lipinski definition) is 3. The van der Waals surface area contributed by atoms with Gasteiger partial charge in [0.05, 0.1) is 25.4 Å². The van der Waals surface area contributed by atoms with E-state index in [-0.39, 0.29) is 18.5 Å². The summed E-state index contributed by atoms with van der Waals surface area (Å²) in [5, 5.41) is 23.3. The highest BCUT2D eigenvalue weighted by Gasteiger charge is 2.18. The van der Waals surface area contributed by atoms with Crippen molar-refractivity contribution in [3.63, 3.8) is 0 Å². The van der Waals surface area contributed by atoms with E-state index in [2.05, 4.69) is 43.5 Å². The zero-order chi connectivity index (χ0) is 59.9. The second-order valence-corrected chi connectivity index (χ2v) is 26.0. The molecular weight excluding hydrogens is 1020 g/mol. The molecule has 2 unspecified atom stereocenters. The van der Waals surface area contributed by atoms with Crippen molar-refractivity contribution in [2.45, 2.75) is 431 Å². The molecule has 0 heterocycles. The summed E-state index contributed by atoms with van der Waals surface area (Å²) in [5.41, 5.74) is 0. The number of aliphatic hydroxyl groups is 2. The minimum Gasteiger partial charge on any atom is -0.466 e. The molecule has 0 aliphatic carbocycles. The van der Waals surface area contributed by atoms with Gasteiger partial charge in [0.25, 0.3) is 0 Å². The summed E-state index contributed by atoms with van der Waals surface area (Å²) < 4.78 is 5.49. The van der Waals surface area contributed by atoms with Gasteiger partial charge in [0.15, 0.2) is 0 Å². The predicted octanol–water partition coefficient (Wildman–Crippen LogP) is 24.7. The molecule has 1 amide bonds. The second kappa shape index (κ2) is 72.6. The van der Waals surface area contributed by atoms with Crippen LogP contribution in [0.1, 0.15) is 418 Å². The van der Waals surface area contributed by atoms with Crippen molar-refractivity contribution in [1.29, 1.82) is 0 Å². The molecule has 0 aliphatic rings. The van der Waals surface area contributed by atoms with Gasteiger partial charge in [0, 0.05) is 12.8 Å². The molecule has 3 N–H and O–H groups in total. The Bertz CT molecular complexity index is 1340. The number of hydrogen-bond acceptors (Lipinski definition) is 5. The maximum atomic E-state index is 12.5. The largest absolute Gasteiger partial charge is 0.466 e. The minimum atomic E-state index is -0.847. The highest BCUT2D eigenvalue weighted by atomic mass is 16.5. The van der Waals surface area contributed by atoms with E-state index in [1.165, 1.54) is 347 Å². The highest BCUT2D eigenvalue weighted by molar-refractivity contribution is 5.76. The Morgan fingerprint density at radius 3 is 0.855 bits per heavy atom. The van der Waals surface area contributed by atoms with Crippen molar-refractivity contribution in [3.05, 3.63) is 36.5 Å². The van der Waals surface area contributed by atoms with E-state index in [9.17, 15) is 19.8 Å². The zero-order valence-corrected chi connectivity index (χ0v) is 56.2.